The Bertz CT molecular complexity index is 1320. The molecular formula is C44H71O12P. The molecular weight excluding hydrogens is 751 g/mol. The summed E-state index contributed by atoms with van der Waals surface area (Å²) in [7, 11) is -4.69. The maximum absolute atomic E-state index is 12.7. The van der Waals surface area contributed by atoms with Gasteiger partial charge < -0.3 is 29.7 Å². The molecule has 0 aromatic rings. The fourth-order valence-electron chi connectivity index (χ4n) is 5.69. The number of hydrogen-bond acceptors (Lipinski definition) is 11. The van der Waals surface area contributed by atoms with E-state index in [1.165, 1.54) is 19.3 Å². The van der Waals surface area contributed by atoms with E-state index in [9.17, 15) is 34.1 Å². The summed E-state index contributed by atoms with van der Waals surface area (Å²) in [6.07, 6.45) is 35.0. The van der Waals surface area contributed by atoms with Gasteiger partial charge in [0, 0.05) is 18.8 Å². The van der Waals surface area contributed by atoms with E-state index in [4.69, 9.17) is 19.1 Å². The van der Waals surface area contributed by atoms with Crippen molar-refractivity contribution in [2.24, 2.45) is 11.8 Å². The number of aliphatic hydroxyl groups excluding tert-OH is 3. The highest BCUT2D eigenvalue weighted by Gasteiger charge is 2.28. The maximum atomic E-state index is 12.7. The van der Waals surface area contributed by atoms with E-state index in [1.54, 1.807) is 18.2 Å². The molecule has 0 saturated carbocycles. The van der Waals surface area contributed by atoms with Crippen LogP contribution in [0.1, 0.15) is 129 Å². The van der Waals surface area contributed by atoms with E-state index < -0.39 is 64.5 Å². The number of carbonyl (C=O) groups is 3. The third kappa shape index (κ3) is 29.0. The molecule has 12 nitrogen and oxygen atoms in total. The molecule has 0 radical (unpaired) electrons. The predicted molar refractivity (Wildman–Crippen MR) is 223 cm³/mol. The van der Waals surface area contributed by atoms with Crippen molar-refractivity contribution in [3.8, 4) is 0 Å². The smallest absolute Gasteiger partial charge is 0.462 e. The lowest BCUT2D eigenvalue weighted by Crippen LogP contribution is -2.29. The summed E-state index contributed by atoms with van der Waals surface area (Å²) in [6, 6.07) is 0. The Hall–Kier alpha value is -2.96. The molecule has 0 fully saturated rings. The summed E-state index contributed by atoms with van der Waals surface area (Å²) in [5.74, 6) is -1.43. The summed E-state index contributed by atoms with van der Waals surface area (Å²) in [5.41, 5.74) is 0. The number of ether oxygens (including phenoxy) is 2. The number of unbranched alkanes of at least 4 members (excludes halogenated alkanes) is 8. The lowest BCUT2D eigenvalue weighted by atomic mass is 9.90. The first-order valence-electron chi connectivity index (χ1n) is 21.0. The molecule has 4 N–H and O–H groups in total. The van der Waals surface area contributed by atoms with E-state index in [2.05, 4.69) is 54.8 Å². The number of phosphoric ester groups is 1. The van der Waals surface area contributed by atoms with Gasteiger partial charge >= 0.3 is 19.8 Å². The van der Waals surface area contributed by atoms with Crippen molar-refractivity contribution in [1.29, 1.82) is 0 Å². The lowest BCUT2D eigenvalue weighted by molar-refractivity contribution is -0.161. The molecule has 0 aliphatic heterocycles. The molecule has 1 rings (SSSR count). The van der Waals surface area contributed by atoms with Gasteiger partial charge in [-0.1, -0.05) is 113 Å². The molecule has 1 aliphatic carbocycles. The zero-order valence-electron chi connectivity index (χ0n) is 34.4. The average molecular weight is 823 g/mol. The standard InChI is InChI=1S/C44H71O12P/c1-3-5-7-8-9-10-11-12-13-14-15-16-17-18-23-27-43(49)53-35-40(36-55-57(51,52)54-34-39(47)33-45)56-44(50)28-24-20-19-22-25-37-29-32-42(48)41(37)31-30-38(46)26-21-6-4-2/h9-10,12-13,15-16,19,22,29-32,37-41,45-47H,3-8,11,14,17-18,20-21,23-28,33-36H2,1-2H3,(H,51,52)/b10-9-,13-12-,16-15-,22-19-,31-30+/t37-,38-,39-,40+,41+/m0/s1. The van der Waals surface area contributed by atoms with Crippen LogP contribution in [0.25, 0.3) is 0 Å². The first-order chi connectivity index (χ1) is 27.5. The van der Waals surface area contributed by atoms with Gasteiger partial charge in [-0.2, -0.15) is 0 Å². The highest BCUT2D eigenvalue weighted by atomic mass is 31.2. The van der Waals surface area contributed by atoms with Crippen molar-refractivity contribution in [3.63, 3.8) is 0 Å². The molecule has 0 bridgehead atoms. The molecule has 1 unspecified atom stereocenters. The predicted octanol–water partition coefficient (Wildman–Crippen LogP) is 8.50. The van der Waals surface area contributed by atoms with Crippen LogP contribution in [-0.4, -0.2) is 82.7 Å². The van der Waals surface area contributed by atoms with E-state index >= 15 is 0 Å². The number of carbonyl (C=O) groups excluding carboxylic acids is 3. The molecule has 0 aromatic carbocycles. The summed E-state index contributed by atoms with van der Waals surface area (Å²) >= 11 is 0. The second-order valence-corrected chi connectivity index (χ2v) is 15.8. The minimum absolute atomic E-state index is 0.00781. The number of phosphoric acid groups is 1. The van der Waals surface area contributed by atoms with Gasteiger partial charge in [0.05, 0.1) is 25.9 Å². The first kappa shape index (κ1) is 52.1. The minimum Gasteiger partial charge on any atom is -0.462 e. The third-order valence-electron chi connectivity index (χ3n) is 9.08. The minimum atomic E-state index is -4.69. The zero-order valence-corrected chi connectivity index (χ0v) is 35.3. The van der Waals surface area contributed by atoms with Gasteiger partial charge in [-0.3, -0.25) is 23.4 Å². The highest BCUT2D eigenvalue weighted by Crippen LogP contribution is 2.43. The zero-order chi connectivity index (χ0) is 42.0. The summed E-state index contributed by atoms with van der Waals surface area (Å²) in [4.78, 5) is 47.5. The van der Waals surface area contributed by atoms with Crippen LogP contribution in [0.2, 0.25) is 0 Å². The van der Waals surface area contributed by atoms with Crippen LogP contribution in [0, 0.1) is 11.8 Å². The number of aliphatic hydroxyl groups is 3. The van der Waals surface area contributed by atoms with E-state index in [0.717, 1.165) is 51.4 Å². The highest BCUT2D eigenvalue weighted by molar-refractivity contribution is 7.47. The number of rotatable bonds is 35. The van der Waals surface area contributed by atoms with Crippen LogP contribution in [0.3, 0.4) is 0 Å². The number of hydrogen-bond donors (Lipinski definition) is 4. The van der Waals surface area contributed by atoms with E-state index in [0.29, 0.717) is 32.1 Å². The molecule has 324 valence electrons. The fraction of sp³-hybridized carbons (Fsp3) is 0.659. The van der Waals surface area contributed by atoms with Crippen molar-refractivity contribution in [2.75, 3.05) is 26.4 Å². The van der Waals surface area contributed by atoms with Gasteiger partial charge in [0.15, 0.2) is 11.9 Å². The maximum Gasteiger partial charge on any atom is 0.472 e. The SMILES string of the molecule is CCCCC/C=C\C/C=C\C/C=C\CCCCC(=O)OC[C@H](COP(=O)(O)OC[C@@H](O)CO)OC(=O)CCC/C=C\C[C@H]1C=CC(=O)[C@@H]1/C=C/[C@@H](O)CCCCC. The molecule has 0 heterocycles. The quantitative estimate of drug-likeness (QED) is 0.0207. The summed E-state index contributed by atoms with van der Waals surface area (Å²) in [6.45, 7) is 1.95. The molecule has 0 amide bonds. The Morgan fingerprint density at radius 3 is 2.05 bits per heavy atom. The molecule has 0 saturated heterocycles. The molecule has 13 heteroatoms. The summed E-state index contributed by atoms with van der Waals surface area (Å²) < 4.78 is 32.6. The van der Waals surface area contributed by atoms with E-state index in [1.807, 2.05) is 18.2 Å². The van der Waals surface area contributed by atoms with Gasteiger partial charge in [0.1, 0.15) is 12.7 Å². The van der Waals surface area contributed by atoms with Crippen LogP contribution in [0.5, 0.6) is 0 Å². The Kier molecular flexibility index (Phi) is 31.0. The van der Waals surface area contributed by atoms with Gasteiger partial charge in [0.2, 0.25) is 0 Å². The Morgan fingerprint density at radius 1 is 0.772 bits per heavy atom. The first-order valence-corrected chi connectivity index (χ1v) is 22.4. The topological polar surface area (TPSA) is 186 Å². The second-order valence-electron chi connectivity index (χ2n) is 14.3. The summed E-state index contributed by atoms with van der Waals surface area (Å²) in [5, 5.41) is 28.5. The van der Waals surface area contributed by atoms with Crippen LogP contribution in [0.4, 0.5) is 0 Å². The molecule has 1 aliphatic rings. The van der Waals surface area contributed by atoms with Crippen LogP contribution in [0.15, 0.2) is 72.9 Å². The van der Waals surface area contributed by atoms with Crippen molar-refractivity contribution in [1.82, 2.24) is 0 Å². The van der Waals surface area contributed by atoms with Gasteiger partial charge in [0.25, 0.3) is 0 Å². The van der Waals surface area contributed by atoms with Gasteiger partial charge in [-0.05, 0) is 82.6 Å². The third-order valence-corrected chi connectivity index (χ3v) is 10.0. The molecule has 57 heavy (non-hydrogen) atoms. The van der Waals surface area contributed by atoms with Gasteiger partial charge in [-0.25, -0.2) is 4.57 Å². The number of esters is 2. The average Bonchev–Trinajstić information content (AvgIpc) is 3.55. The Balaban J connectivity index is 2.50. The van der Waals surface area contributed by atoms with Gasteiger partial charge in [-0.15, -0.1) is 0 Å². The largest absolute Gasteiger partial charge is 0.472 e. The van der Waals surface area contributed by atoms with Crippen molar-refractivity contribution >= 4 is 25.5 Å². The number of ketones is 1. The lowest BCUT2D eigenvalue weighted by Gasteiger charge is -2.20. The Morgan fingerprint density at radius 2 is 1.37 bits per heavy atom. The fourth-order valence-corrected chi connectivity index (χ4v) is 6.48. The van der Waals surface area contributed by atoms with Crippen LogP contribution < -0.4 is 0 Å². The Labute approximate surface area is 341 Å². The van der Waals surface area contributed by atoms with Crippen LogP contribution >= 0.6 is 7.82 Å². The molecule has 0 aromatic heterocycles. The van der Waals surface area contributed by atoms with Crippen molar-refractivity contribution in [2.45, 2.75) is 148 Å². The van der Waals surface area contributed by atoms with E-state index in [-0.39, 0.29) is 30.5 Å². The van der Waals surface area contributed by atoms with Crippen LogP contribution in [-0.2, 0) is 37.5 Å². The normalized spacial score (nSPS) is 18.7. The monoisotopic (exact) mass is 822 g/mol. The van der Waals surface area contributed by atoms with Crippen molar-refractivity contribution in [3.05, 3.63) is 72.9 Å². The second kappa shape index (κ2) is 34.0. The molecule has 6 atom stereocenters. The number of allylic oxidation sites excluding steroid dienone is 11. The molecule has 0 spiro atoms. The van der Waals surface area contributed by atoms with Crippen molar-refractivity contribution < 1.29 is 57.7 Å².